The number of rotatable bonds is 52. The van der Waals surface area contributed by atoms with E-state index in [0.717, 1.165) is 89.9 Å². The van der Waals surface area contributed by atoms with Crippen LogP contribution in [0, 0.1) is 0 Å². The Morgan fingerprint density at radius 1 is 0.282 bits per heavy atom. The van der Waals surface area contributed by atoms with Crippen molar-refractivity contribution >= 4 is 17.9 Å². The van der Waals surface area contributed by atoms with E-state index in [1.165, 1.54) is 128 Å². The number of unbranched alkanes of at least 4 members (excludes halogenated alkanes) is 23. The van der Waals surface area contributed by atoms with Crippen molar-refractivity contribution in [2.75, 3.05) is 13.2 Å². The van der Waals surface area contributed by atoms with Gasteiger partial charge in [0.25, 0.3) is 0 Å². The van der Waals surface area contributed by atoms with Crippen LogP contribution >= 0.6 is 0 Å². The van der Waals surface area contributed by atoms with Crippen LogP contribution in [0.3, 0.4) is 0 Å². The van der Waals surface area contributed by atoms with Gasteiger partial charge in [-0.15, -0.1) is 0 Å². The molecule has 0 saturated carbocycles. The van der Waals surface area contributed by atoms with Crippen LogP contribution in [0.1, 0.15) is 265 Å². The molecule has 404 valence electrons. The lowest BCUT2D eigenvalue weighted by atomic mass is 10.1. The quantitative estimate of drug-likeness (QED) is 0.0261. The minimum atomic E-state index is -0.827. The largest absolute Gasteiger partial charge is 0.462 e. The number of carbonyl (C=O) groups is 3. The molecule has 0 spiro atoms. The van der Waals surface area contributed by atoms with Crippen LogP contribution in [0.5, 0.6) is 0 Å². The van der Waals surface area contributed by atoms with Crippen molar-refractivity contribution in [3.05, 3.63) is 109 Å². The summed E-state index contributed by atoms with van der Waals surface area (Å²) in [6.07, 6.45) is 79.4. The molecule has 6 heteroatoms. The standard InChI is InChI=1S/C65H108O6/c1-4-7-10-13-16-19-22-25-28-31-32-35-38-41-44-47-50-53-56-59-65(68)71-62(60-69-63(66)57-54-51-48-45-42-39-36-33-29-26-23-20-17-14-11-8-5-2)61-70-64(67)58-55-52-49-46-43-40-37-34-30-27-24-21-18-15-12-9-6-3/h16-21,25-30,32,35,41,44,50,53,62H,4-15,22-24,31,33-34,36-40,42-43,45-49,51-52,54-61H2,1-3H3/b19-16-,20-17-,21-18-,28-25-,29-26-,30-27-,35-32-,44-41-,53-50-. The normalized spacial score (nSPS) is 12.5. The molecule has 0 aromatic carbocycles. The molecule has 0 atom stereocenters. The van der Waals surface area contributed by atoms with Crippen LogP contribution in [0.15, 0.2) is 109 Å². The first-order valence-electron chi connectivity index (χ1n) is 29.4. The molecule has 6 nitrogen and oxygen atoms in total. The lowest BCUT2D eigenvalue weighted by Crippen LogP contribution is -2.30. The molecular weight excluding hydrogens is 877 g/mol. The summed E-state index contributed by atoms with van der Waals surface area (Å²) in [7, 11) is 0. The first kappa shape index (κ1) is 67.1. The molecule has 0 saturated heterocycles. The van der Waals surface area contributed by atoms with E-state index < -0.39 is 12.1 Å². The second kappa shape index (κ2) is 58.6. The van der Waals surface area contributed by atoms with Gasteiger partial charge in [0.15, 0.2) is 6.10 Å². The first-order valence-corrected chi connectivity index (χ1v) is 29.4. The second-order valence-corrected chi connectivity index (χ2v) is 19.2. The maximum Gasteiger partial charge on any atom is 0.306 e. The van der Waals surface area contributed by atoms with E-state index in [1.807, 2.05) is 6.08 Å². The van der Waals surface area contributed by atoms with Gasteiger partial charge in [0.1, 0.15) is 13.2 Å². The molecule has 0 heterocycles. The topological polar surface area (TPSA) is 78.9 Å². The fourth-order valence-corrected chi connectivity index (χ4v) is 7.78. The second-order valence-electron chi connectivity index (χ2n) is 19.2. The Balaban J connectivity index is 4.54. The van der Waals surface area contributed by atoms with Crippen molar-refractivity contribution in [2.45, 2.75) is 271 Å². The molecule has 0 radical (unpaired) electrons. The summed E-state index contributed by atoms with van der Waals surface area (Å²) in [5, 5.41) is 0. The number of esters is 3. The SMILES string of the molecule is CCCCC/C=C\C/C=C\C/C=C\C/C=C\C/C=C\CCC(=O)OC(COC(=O)CCCCCCCCC/C=C\C/C=C\CCCCC)COC(=O)CCCCCCCCC/C=C\C/C=C\CCCCC. The highest BCUT2D eigenvalue weighted by atomic mass is 16.6. The molecule has 0 unspecified atom stereocenters. The summed E-state index contributed by atoms with van der Waals surface area (Å²) in [5.74, 6) is -1.01. The van der Waals surface area contributed by atoms with Crippen LogP contribution in [0.4, 0.5) is 0 Å². The summed E-state index contributed by atoms with van der Waals surface area (Å²) >= 11 is 0. The molecular formula is C65H108O6. The van der Waals surface area contributed by atoms with Gasteiger partial charge in [-0.2, -0.15) is 0 Å². The Morgan fingerprint density at radius 2 is 0.535 bits per heavy atom. The zero-order valence-corrected chi connectivity index (χ0v) is 46.2. The van der Waals surface area contributed by atoms with E-state index in [-0.39, 0.29) is 31.6 Å². The van der Waals surface area contributed by atoms with E-state index >= 15 is 0 Å². The predicted octanol–water partition coefficient (Wildman–Crippen LogP) is 19.9. The first-order chi connectivity index (χ1) is 35.0. The third-order valence-corrected chi connectivity index (χ3v) is 12.2. The summed E-state index contributed by atoms with van der Waals surface area (Å²) in [4.78, 5) is 38.2. The zero-order valence-electron chi connectivity index (χ0n) is 46.2. The lowest BCUT2D eigenvalue weighted by molar-refractivity contribution is -0.166. The van der Waals surface area contributed by atoms with Gasteiger partial charge in [-0.25, -0.2) is 0 Å². The monoisotopic (exact) mass is 985 g/mol. The minimum absolute atomic E-state index is 0.116. The van der Waals surface area contributed by atoms with Gasteiger partial charge in [0, 0.05) is 19.3 Å². The Morgan fingerprint density at radius 3 is 0.845 bits per heavy atom. The van der Waals surface area contributed by atoms with Crippen molar-refractivity contribution in [3.8, 4) is 0 Å². The predicted molar refractivity (Wildman–Crippen MR) is 307 cm³/mol. The molecule has 0 aromatic heterocycles. The van der Waals surface area contributed by atoms with E-state index in [1.54, 1.807) is 0 Å². The number of hydrogen-bond donors (Lipinski definition) is 0. The van der Waals surface area contributed by atoms with Gasteiger partial charge < -0.3 is 14.2 Å². The van der Waals surface area contributed by atoms with Crippen molar-refractivity contribution in [3.63, 3.8) is 0 Å². The van der Waals surface area contributed by atoms with Crippen molar-refractivity contribution in [2.24, 2.45) is 0 Å². The number of hydrogen-bond acceptors (Lipinski definition) is 6. The molecule has 0 fully saturated rings. The minimum Gasteiger partial charge on any atom is -0.462 e. The van der Waals surface area contributed by atoms with Crippen LogP contribution < -0.4 is 0 Å². The highest BCUT2D eigenvalue weighted by molar-refractivity contribution is 5.71. The molecule has 0 bridgehead atoms. The van der Waals surface area contributed by atoms with Gasteiger partial charge in [0.05, 0.1) is 0 Å². The Kier molecular flexibility index (Phi) is 55.4. The van der Waals surface area contributed by atoms with Gasteiger partial charge in [-0.3, -0.25) is 14.4 Å². The van der Waals surface area contributed by atoms with Crippen LogP contribution in [0.25, 0.3) is 0 Å². The number of carbonyl (C=O) groups excluding carboxylic acids is 3. The lowest BCUT2D eigenvalue weighted by Gasteiger charge is -2.18. The maximum atomic E-state index is 12.8. The van der Waals surface area contributed by atoms with Crippen LogP contribution in [-0.4, -0.2) is 37.2 Å². The van der Waals surface area contributed by atoms with Crippen molar-refractivity contribution in [1.29, 1.82) is 0 Å². The van der Waals surface area contributed by atoms with Crippen molar-refractivity contribution < 1.29 is 28.6 Å². The Hall–Kier alpha value is -3.93. The number of ether oxygens (including phenoxy) is 3. The molecule has 0 N–H and O–H groups in total. The van der Waals surface area contributed by atoms with E-state index in [4.69, 9.17) is 14.2 Å². The Bertz CT molecular complexity index is 1390. The molecule has 0 aliphatic rings. The third kappa shape index (κ3) is 56.9. The average molecular weight is 986 g/mol. The molecule has 0 aliphatic heterocycles. The van der Waals surface area contributed by atoms with Crippen molar-refractivity contribution in [1.82, 2.24) is 0 Å². The van der Waals surface area contributed by atoms with Gasteiger partial charge in [-0.05, 0) is 122 Å². The van der Waals surface area contributed by atoms with Gasteiger partial charge >= 0.3 is 17.9 Å². The van der Waals surface area contributed by atoms with Gasteiger partial charge in [0.2, 0.25) is 0 Å². The summed E-state index contributed by atoms with van der Waals surface area (Å²) in [5.41, 5.74) is 0. The average Bonchev–Trinajstić information content (AvgIpc) is 3.37. The van der Waals surface area contributed by atoms with E-state index in [0.29, 0.717) is 19.3 Å². The highest BCUT2D eigenvalue weighted by Crippen LogP contribution is 2.14. The van der Waals surface area contributed by atoms with Crippen LogP contribution in [-0.2, 0) is 28.6 Å². The summed E-state index contributed by atoms with van der Waals surface area (Å²) in [6.45, 7) is 6.49. The molecule has 0 rings (SSSR count). The highest BCUT2D eigenvalue weighted by Gasteiger charge is 2.19. The summed E-state index contributed by atoms with van der Waals surface area (Å²) in [6, 6.07) is 0. The van der Waals surface area contributed by atoms with E-state index in [9.17, 15) is 14.4 Å². The third-order valence-electron chi connectivity index (χ3n) is 12.2. The fraction of sp³-hybridized carbons (Fsp3) is 0.677. The van der Waals surface area contributed by atoms with E-state index in [2.05, 4.69) is 124 Å². The van der Waals surface area contributed by atoms with Gasteiger partial charge in [-0.1, -0.05) is 233 Å². The maximum absolute atomic E-state index is 12.8. The fourth-order valence-electron chi connectivity index (χ4n) is 7.78. The molecule has 71 heavy (non-hydrogen) atoms. The Labute approximate surface area is 438 Å². The zero-order chi connectivity index (χ0) is 51.4. The number of allylic oxidation sites excluding steroid dienone is 18. The van der Waals surface area contributed by atoms with Crippen LogP contribution in [0.2, 0.25) is 0 Å². The molecule has 0 amide bonds. The smallest absolute Gasteiger partial charge is 0.306 e. The molecule has 0 aromatic rings. The summed E-state index contributed by atoms with van der Waals surface area (Å²) < 4.78 is 16.8. The molecule has 0 aliphatic carbocycles.